The van der Waals surface area contributed by atoms with Crippen LogP contribution in [0.4, 0.5) is 5.69 Å². The molecule has 0 unspecified atom stereocenters. The first-order chi connectivity index (χ1) is 9.89. The first-order valence-corrected chi connectivity index (χ1v) is 8.48. The Morgan fingerprint density at radius 2 is 1.95 bits per heavy atom. The van der Waals surface area contributed by atoms with Crippen molar-refractivity contribution in [3.63, 3.8) is 0 Å². The number of benzene rings is 1. The van der Waals surface area contributed by atoms with Gasteiger partial charge in [-0.3, -0.25) is 0 Å². The Hall–Kier alpha value is -1.02. The lowest BCUT2D eigenvalue weighted by Gasteiger charge is -2.29. The van der Waals surface area contributed by atoms with Gasteiger partial charge in [-0.25, -0.2) is 0 Å². The Morgan fingerprint density at radius 3 is 2.52 bits per heavy atom. The molecule has 0 radical (unpaired) electrons. The molecule has 1 N–H and O–H groups in total. The molecule has 118 valence electrons. The zero-order valence-corrected chi connectivity index (χ0v) is 14.5. The Balaban J connectivity index is 2.18. The summed E-state index contributed by atoms with van der Waals surface area (Å²) in [6, 6.07) is 6.93. The van der Waals surface area contributed by atoms with E-state index in [1.165, 1.54) is 49.2 Å². The molecular weight excluding hydrogens is 256 g/mol. The van der Waals surface area contributed by atoms with E-state index in [1.54, 1.807) is 0 Å². The molecule has 0 heterocycles. The predicted octanol–water partition coefficient (Wildman–Crippen LogP) is 4.51. The van der Waals surface area contributed by atoms with Crippen LogP contribution in [0.25, 0.3) is 0 Å². The van der Waals surface area contributed by atoms with E-state index < -0.39 is 0 Å². The number of hydrogen-bond donors (Lipinski definition) is 1. The highest BCUT2D eigenvalue weighted by Gasteiger charge is 2.25. The first kappa shape index (κ1) is 16.4. The third kappa shape index (κ3) is 5.35. The molecule has 1 aliphatic carbocycles. The number of aryl methyl sites for hydroxylation is 1. The monoisotopic (exact) mass is 288 g/mol. The average molecular weight is 288 g/mol. The molecule has 0 spiro atoms. The maximum Gasteiger partial charge on any atom is 0.0412 e. The lowest BCUT2D eigenvalue weighted by molar-refractivity contribution is 0.424. The first-order valence-electron chi connectivity index (χ1n) is 8.48. The fourth-order valence-electron chi connectivity index (χ4n) is 2.72. The van der Waals surface area contributed by atoms with Crippen LogP contribution in [0.5, 0.6) is 0 Å². The topological polar surface area (TPSA) is 15.3 Å². The summed E-state index contributed by atoms with van der Waals surface area (Å²) in [6.07, 6.45) is 4.05. The molecule has 0 amide bonds. The summed E-state index contributed by atoms with van der Waals surface area (Å²) in [6.45, 7) is 14.5. The van der Waals surface area contributed by atoms with Crippen molar-refractivity contribution in [3.8, 4) is 0 Å². The molecule has 0 bridgehead atoms. The van der Waals surface area contributed by atoms with Gasteiger partial charge in [-0.15, -0.1) is 0 Å². The maximum absolute atomic E-state index is 3.65. The molecule has 0 aromatic heterocycles. The van der Waals surface area contributed by atoms with E-state index in [4.69, 9.17) is 0 Å². The lowest BCUT2D eigenvalue weighted by Crippen LogP contribution is -2.36. The summed E-state index contributed by atoms with van der Waals surface area (Å²) in [4.78, 5) is 2.61. The second-order valence-electron chi connectivity index (χ2n) is 7.63. The largest absolute Gasteiger partial charge is 0.371 e. The maximum atomic E-state index is 3.65. The van der Waals surface area contributed by atoms with Crippen LogP contribution < -0.4 is 10.2 Å². The Morgan fingerprint density at radius 1 is 1.24 bits per heavy atom. The second-order valence-corrected chi connectivity index (χ2v) is 7.63. The summed E-state index contributed by atoms with van der Waals surface area (Å²) in [7, 11) is 0. The molecule has 2 heteroatoms. The highest BCUT2D eigenvalue weighted by Crippen LogP contribution is 2.33. The second kappa shape index (κ2) is 6.83. The van der Waals surface area contributed by atoms with E-state index in [2.05, 4.69) is 63.0 Å². The highest BCUT2D eigenvalue weighted by atomic mass is 15.1. The van der Waals surface area contributed by atoms with Gasteiger partial charge in [0.2, 0.25) is 0 Å². The number of hydrogen-bond acceptors (Lipinski definition) is 2. The molecular formula is C19H32N2. The Kier molecular flexibility index (Phi) is 5.32. The van der Waals surface area contributed by atoms with Gasteiger partial charge in [0.25, 0.3) is 0 Å². The van der Waals surface area contributed by atoms with Crippen molar-refractivity contribution in [1.82, 2.24) is 5.32 Å². The fourth-order valence-corrected chi connectivity index (χ4v) is 2.72. The molecule has 2 rings (SSSR count). The molecule has 1 aromatic rings. The van der Waals surface area contributed by atoms with Gasteiger partial charge in [0.05, 0.1) is 0 Å². The van der Waals surface area contributed by atoms with Gasteiger partial charge in [0.15, 0.2) is 0 Å². The quantitative estimate of drug-likeness (QED) is 0.794. The third-order valence-electron chi connectivity index (χ3n) is 4.05. The molecule has 1 aliphatic rings. The van der Waals surface area contributed by atoms with Crippen LogP contribution >= 0.6 is 0 Å². The molecule has 0 aliphatic heterocycles. The third-order valence-corrected chi connectivity index (χ3v) is 4.05. The van der Waals surface area contributed by atoms with Crippen molar-refractivity contribution in [1.29, 1.82) is 0 Å². The van der Waals surface area contributed by atoms with Gasteiger partial charge in [-0.1, -0.05) is 24.6 Å². The summed E-state index contributed by atoms with van der Waals surface area (Å²) >= 11 is 0. The minimum Gasteiger partial charge on any atom is -0.371 e. The number of nitrogens with zero attached hydrogens (tertiary/aromatic N) is 1. The van der Waals surface area contributed by atoms with Crippen LogP contribution in [0.15, 0.2) is 18.2 Å². The van der Waals surface area contributed by atoms with Crippen LogP contribution in [-0.4, -0.2) is 18.6 Å². The fraction of sp³-hybridized carbons (Fsp3) is 0.684. The van der Waals surface area contributed by atoms with E-state index in [-0.39, 0.29) is 5.54 Å². The van der Waals surface area contributed by atoms with Crippen molar-refractivity contribution in [3.05, 3.63) is 29.3 Å². The van der Waals surface area contributed by atoms with Gasteiger partial charge >= 0.3 is 0 Å². The summed E-state index contributed by atoms with van der Waals surface area (Å²) in [5, 5.41) is 3.65. The minimum atomic E-state index is 0.160. The molecule has 0 saturated heterocycles. The van der Waals surface area contributed by atoms with E-state index >= 15 is 0 Å². The number of anilines is 1. The average Bonchev–Trinajstić information content (AvgIpc) is 3.19. The van der Waals surface area contributed by atoms with Gasteiger partial charge < -0.3 is 10.2 Å². The van der Waals surface area contributed by atoms with Gasteiger partial charge in [0, 0.05) is 30.9 Å². The lowest BCUT2D eigenvalue weighted by atomic mass is 10.0. The highest BCUT2D eigenvalue weighted by molar-refractivity contribution is 5.55. The van der Waals surface area contributed by atoms with E-state index in [9.17, 15) is 0 Å². The molecule has 1 fully saturated rings. The molecule has 0 atom stereocenters. The molecule has 2 nitrogen and oxygen atoms in total. The van der Waals surface area contributed by atoms with E-state index in [0.29, 0.717) is 0 Å². The van der Waals surface area contributed by atoms with Crippen LogP contribution in [-0.2, 0) is 6.54 Å². The minimum absolute atomic E-state index is 0.160. The number of rotatable bonds is 7. The standard InChI is InChI=1S/C19H32N2/c1-6-11-21(14-16-8-9-16)18-10-7-15(2)12-17(18)13-20-19(3,4)5/h7,10,12,16,20H,6,8-9,11,13-14H2,1-5H3. The van der Waals surface area contributed by atoms with Crippen LogP contribution in [0.2, 0.25) is 0 Å². The normalized spacial score (nSPS) is 15.3. The van der Waals surface area contributed by atoms with E-state index in [1.807, 2.05) is 0 Å². The van der Waals surface area contributed by atoms with Crippen molar-refractivity contribution < 1.29 is 0 Å². The summed E-state index contributed by atoms with van der Waals surface area (Å²) in [5.41, 5.74) is 4.39. The van der Waals surface area contributed by atoms with Gasteiger partial charge in [-0.2, -0.15) is 0 Å². The SMILES string of the molecule is CCCN(CC1CC1)c1ccc(C)cc1CNC(C)(C)C. The van der Waals surface area contributed by atoms with Gasteiger partial charge in [0.1, 0.15) is 0 Å². The zero-order valence-electron chi connectivity index (χ0n) is 14.5. The van der Waals surface area contributed by atoms with Crippen molar-refractivity contribution in [2.75, 3.05) is 18.0 Å². The van der Waals surface area contributed by atoms with Crippen molar-refractivity contribution in [2.45, 2.75) is 66.0 Å². The van der Waals surface area contributed by atoms with E-state index in [0.717, 1.165) is 12.5 Å². The Bertz CT molecular complexity index is 455. The summed E-state index contributed by atoms with van der Waals surface area (Å²) in [5.74, 6) is 0.932. The number of nitrogens with one attached hydrogen (secondary N) is 1. The van der Waals surface area contributed by atoms with Crippen LogP contribution in [0.1, 0.15) is 58.1 Å². The smallest absolute Gasteiger partial charge is 0.0412 e. The molecule has 1 saturated carbocycles. The Labute approximate surface area is 130 Å². The molecule has 21 heavy (non-hydrogen) atoms. The van der Waals surface area contributed by atoms with Crippen molar-refractivity contribution in [2.24, 2.45) is 5.92 Å². The summed E-state index contributed by atoms with van der Waals surface area (Å²) < 4.78 is 0. The van der Waals surface area contributed by atoms with Crippen molar-refractivity contribution >= 4 is 5.69 Å². The van der Waals surface area contributed by atoms with Gasteiger partial charge in [-0.05, 0) is 64.5 Å². The van der Waals surface area contributed by atoms with Crippen LogP contribution in [0.3, 0.4) is 0 Å². The predicted molar refractivity (Wildman–Crippen MR) is 93.0 cm³/mol. The molecule has 1 aromatic carbocycles. The van der Waals surface area contributed by atoms with Crippen LogP contribution in [0, 0.1) is 12.8 Å². The zero-order chi connectivity index (χ0) is 15.5.